The minimum Gasteiger partial charge on any atom is -0.319 e. The van der Waals surface area contributed by atoms with E-state index in [-0.39, 0.29) is 0 Å². The van der Waals surface area contributed by atoms with E-state index in [4.69, 9.17) is 0 Å². The average Bonchev–Trinajstić information content (AvgIpc) is 2.70. The molecule has 6 nitrogen and oxygen atoms in total. The summed E-state index contributed by atoms with van der Waals surface area (Å²) in [6.07, 6.45) is 1.83. The molecular formula is C12H22N4O2S. The molecule has 2 heterocycles. The van der Waals surface area contributed by atoms with E-state index in [1.54, 1.807) is 18.2 Å². The maximum atomic E-state index is 12.6. The summed E-state index contributed by atoms with van der Waals surface area (Å²) < 4.78 is 26.8. The molecule has 7 heteroatoms. The molecule has 108 valence electrons. The Labute approximate surface area is 114 Å². The molecule has 1 saturated heterocycles. The van der Waals surface area contributed by atoms with Gasteiger partial charge >= 0.3 is 0 Å². The fourth-order valence-corrected chi connectivity index (χ4v) is 4.49. The highest BCUT2D eigenvalue weighted by molar-refractivity contribution is 7.89. The van der Waals surface area contributed by atoms with Crippen molar-refractivity contribution in [2.75, 3.05) is 26.7 Å². The van der Waals surface area contributed by atoms with Gasteiger partial charge in [0.2, 0.25) is 10.0 Å². The lowest BCUT2D eigenvalue weighted by Crippen LogP contribution is -2.40. The summed E-state index contributed by atoms with van der Waals surface area (Å²) in [7, 11) is -1.47. The van der Waals surface area contributed by atoms with Gasteiger partial charge in [-0.05, 0) is 46.2 Å². The Hall–Kier alpha value is -0.920. The van der Waals surface area contributed by atoms with E-state index >= 15 is 0 Å². The summed E-state index contributed by atoms with van der Waals surface area (Å²) in [4.78, 5) is 0.347. The molecule has 2 rings (SSSR count). The first-order valence-corrected chi connectivity index (χ1v) is 8.07. The van der Waals surface area contributed by atoms with E-state index < -0.39 is 10.0 Å². The van der Waals surface area contributed by atoms with Crippen LogP contribution >= 0.6 is 0 Å². The van der Waals surface area contributed by atoms with Gasteiger partial charge in [0.15, 0.2) is 0 Å². The van der Waals surface area contributed by atoms with Gasteiger partial charge in [0, 0.05) is 13.1 Å². The lowest BCUT2D eigenvalue weighted by Gasteiger charge is -2.31. The number of aromatic amines is 1. The highest BCUT2D eigenvalue weighted by Crippen LogP contribution is 2.26. The maximum absolute atomic E-state index is 12.6. The zero-order chi connectivity index (χ0) is 14.0. The van der Waals surface area contributed by atoms with E-state index in [1.807, 2.05) is 7.05 Å². The number of sulfonamides is 1. The number of nitrogens with zero attached hydrogens (tertiary/aromatic N) is 2. The molecule has 1 aromatic rings. The van der Waals surface area contributed by atoms with Crippen LogP contribution in [0.1, 0.15) is 24.2 Å². The summed E-state index contributed by atoms with van der Waals surface area (Å²) in [5, 5.41) is 9.88. The Morgan fingerprint density at radius 2 is 2.00 bits per heavy atom. The smallest absolute Gasteiger partial charge is 0.246 e. The van der Waals surface area contributed by atoms with Crippen molar-refractivity contribution in [2.24, 2.45) is 5.92 Å². The number of H-pyrrole nitrogens is 1. The third-order valence-corrected chi connectivity index (χ3v) is 5.89. The fourth-order valence-electron chi connectivity index (χ4n) is 2.69. The molecule has 19 heavy (non-hydrogen) atoms. The molecule has 0 radical (unpaired) electrons. The van der Waals surface area contributed by atoms with Crippen LogP contribution < -0.4 is 5.32 Å². The summed E-state index contributed by atoms with van der Waals surface area (Å²) in [5.41, 5.74) is 1.17. The van der Waals surface area contributed by atoms with E-state index in [2.05, 4.69) is 15.5 Å². The van der Waals surface area contributed by atoms with Gasteiger partial charge in [-0.3, -0.25) is 5.10 Å². The lowest BCUT2D eigenvalue weighted by molar-refractivity contribution is 0.270. The van der Waals surface area contributed by atoms with Gasteiger partial charge in [0.1, 0.15) is 4.90 Å². The predicted molar refractivity (Wildman–Crippen MR) is 73.5 cm³/mol. The van der Waals surface area contributed by atoms with Crippen molar-refractivity contribution >= 4 is 10.0 Å². The van der Waals surface area contributed by atoms with Crippen LogP contribution in [-0.4, -0.2) is 49.6 Å². The maximum Gasteiger partial charge on any atom is 0.246 e. The minimum absolute atomic E-state index is 0.347. The molecule has 0 saturated carbocycles. The molecule has 0 spiro atoms. The van der Waals surface area contributed by atoms with Crippen LogP contribution in [0.15, 0.2) is 4.90 Å². The van der Waals surface area contributed by atoms with Crippen molar-refractivity contribution in [3.8, 4) is 0 Å². The fraction of sp³-hybridized carbons (Fsp3) is 0.750. The first-order valence-electron chi connectivity index (χ1n) is 6.63. The largest absolute Gasteiger partial charge is 0.319 e. The molecule has 1 aromatic heterocycles. The Balaban J connectivity index is 2.15. The highest BCUT2D eigenvalue weighted by atomic mass is 32.2. The van der Waals surface area contributed by atoms with Crippen LogP contribution in [0, 0.1) is 19.8 Å². The van der Waals surface area contributed by atoms with E-state index in [0.717, 1.165) is 19.4 Å². The number of aryl methyl sites for hydroxylation is 2. The molecule has 0 unspecified atom stereocenters. The Bertz CT molecular complexity index is 510. The SMILES string of the molecule is CNCC1CCN(S(=O)(=O)c2c(C)n[nH]c2C)CC1. The van der Waals surface area contributed by atoms with Crippen molar-refractivity contribution < 1.29 is 8.42 Å². The van der Waals surface area contributed by atoms with Gasteiger partial charge in [-0.25, -0.2) is 8.42 Å². The van der Waals surface area contributed by atoms with Crippen LogP contribution in [0.5, 0.6) is 0 Å². The van der Waals surface area contributed by atoms with E-state index in [0.29, 0.717) is 35.3 Å². The molecule has 1 aliphatic heterocycles. The second-order valence-electron chi connectivity index (χ2n) is 5.17. The summed E-state index contributed by atoms with van der Waals surface area (Å²) in [6.45, 7) is 5.62. The summed E-state index contributed by atoms with van der Waals surface area (Å²) in [6, 6.07) is 0. The molecule has 0 bridgehead atoms. The van der Waals surface area contributed by atoms with Gasteiger partial charge in [-0.15, -0.1) is 0 Å². The third kappa shape index (κ3) is 2.82. The number of piperidine rings is 1. The molecule has 0 aliphatic carbocycles. The van der Waals surface area contributed by atoms with Gasteiger partial charge in [-0.1, -0.05) is 0 Å². The number of hydrogen-bond acceptors (Lipinski definition) is 4. The van der Waals surface area contributed by atoms with Crippen LogP contribution in [0.2, 0.25) is 0 Å². The monoisotopic (exact) mass is 286 g/mol. The summed E-state index contributed by atoms with van der Waals surface area (Å²) >= 11 is 0. The molecule has 1 aliphatic rings. The molecular weight excluding hydrogens is 264 g/mol. The minimum atomic E-state index is -3.40. The van der Waals surface area contributed by atoms with Crippen LogP contribution in [-0.2, 0) is 10.0 Å². The van der Waals surface area contributed by atoms with Crippen molar-refractivity contribution in [2.45, 2.75) is 31.6 Å². The van der Waals surface area contributed by atoms with Crippen LogP contribution in [0.3, 0.4) is 0 Å². The topological polar surface area (TPSA) is 78.1 Å². The predicted octanol–water partition coefficient (Wildman–Crippen LogP) is 0.647. The Kier molecular flexibility index (Phi) is 4.27. The highest BCUT2D eigenvalue weighted by Gasteiger charge is 2.32. The number of nitrogens with one attached hydrogen (secondary N) is 2. The van der Waals surface area contributed by atoms with Crippen molar-refractivity contribution in [1.29, 1.82) is 0 Å². The van der Waals surface area contributed by atoms with Gasteiger partial charge < -0.3 is 5.32 Å². The van der Waals surface area contributed by atoms with Crippen molar-refractivity contribution in [3.05, 3.63) is 11.4 Å². The molecule has 0 aromatic carbocycles. The quantitative estimate of drug-likeness (QED) is 0.852. The van der Waals surface area contributed by atoms with Crippen molar-refractivity contribution in [1.82, 2.24) is 19.8 Å². The Morgan fingerprint density at radius 1 is 1.37 bits per heavy atom. The Morgan fingerprint density at radius 3 is 2.47 bits per heavy atom. The normalized spacial score (nSPS) is 18.9. The number of rotatable bonds is 4. The van der Waals surface area contributed by atoms with Gasteiger partial charge in [-0.2, -0.15) is 9.40 Å². The molecule has 2 N–H and O–H groups in total. The first kappa shape index (κ1) is 14.5. The van der Waals surface area contributed by atoms with E-state index in [9.17, 15) is 8.42 Å². The second-order valence-corrected chi connectivity index (χ2v) is 7.04. The zero-order valence-electron chi connectivity index (χ0n) is 11.7. The second kappa shape index (κ2) is 5.60. The summed E-state index contributed by atoms with van der Waals surface area (Å²) in [5.74, 6) is 0.572. The first-order chi connectivity index (χ1) is 8.96. The number of hydrogen-bond donors (Lipinski definition) is 2. The van der Waals surface area contributed by atoms with Crippen LogP contribution in [0.4, 0.5) is 0 Å². The van der Waals surface area contributed by atoms with Gasteiger partial charge in [0.25, 0.3) is 0 Å². The lowest BCUT2D eigenvalue weighted by atomic mass is 9.98. The molecule has 0 atom stereocenters. The number of aromatic nitrogens is 2. The van der Waals surface area contributed by atoms with Crippen molar-refractivity contribution in [3.63, 3.8) is 0 Å². The standard InChI is InChI=1S/C12H22N4O2S/c1-9-12(10(2)15-14-9)19(17,18)16-6-4-11(5-7-16)8-13-3/h11,13H,4-8H2,1-3H3,(H,14,15). The zero-order valence-corrected chi connectivity index (χ0v) is 12.5. The van der Waals surface area contributed by atoms with E-state index in [1.165, 1.54) is 0 Å². The van der Waals surface area contributed by atoms with Crippen LogP contribution in [0.25, 0.3) is 0 Å². The molecule has 1 fully saturated rings. The van der Waals surface area contributed by atoms with Gasteiger partial charge in [0.05, 0.1) is 11.4 Å². The third-order valence-electron chi connectivity index (χ3n) is 3.72. The average molecular weight is 286 g/mol. The molecule has 0 amide bonds.